The van der Waals surface area contributed by atoms with Crippen molar-refractivity contribution in [2.45, 2.75) is 18.2 Å². The zero-order chi connectivity index (χ0) is 20.4. The molecule has 0 amide bonds. The molecule has 0 saturated carbocycles. The molecule has 0 fully saturated rings. The summed E-state index contributed by atoms with van der Waals surface area (Å²) in [6.07, 6.45) is 2.35. The first-order chi connectivity index (χ1) is 13.1. The maximum absolute atomic E-state index is 11.9. The molecule has 2 aromatic carbocycles. The molecule has 0 aliphatic heterocycles. The molecule has 3 rings (SSSR count). The molecule has 10 heteroatoms. The monoisotopic (exact) mass is 424 g/mol. The van der Waals surface area contributed by atoms with Gasteiger partial charge < -0.3 is 0 Å². The van der Waals surface area contributed by atoms with Gasteiger partial charge in [0.2, 0.25) is 0 Å². The van der Waals surface area contributed by atoms with E-state index in [0.717, 1.165) is 17.2 Å². The van der Waals surface area contributed by atoms with Crippen LogP contribution >= 0.6 is 0 Å². The summed E-state index contributed by atoms with van der Waals surface area (Å²) in [7, 11) is -8.17. The van der Waals surface area contributed by atoms with E-state index >= 15 is 0 Å². The number of benzene rings is 2. The smallest absolute Gasteiger partial charge is 0.272 e. The van der Waals surface area contributed by atoms with Crippen molar-refractivity contribution in [2.75, 3.05) is 12.9 Å². The van der Waals surface area contributed by atoms with E-state index in [2.05, 4.69) is 9.28 Å². The Kier molecular flexibility index (Phi) is 5.84. The average molecular weight is 425 g/mol. The summed E-state index contributed by atoms with van der Waals surface area (Å²) in [6, 6.07) is 14.6. The van der Waals surface area contributed by atoms with Crippen molar-refractivity contribution in [3.8, 4) is 0 Å². The molecule has 3 aromatic rings. The Hall–Kier alpha value is -2.27. The summed E-state index contributed by atoms with van der Waals surface area (Å²) in [5, 5.41) is 3.86. The van der Waals surface area contributed by atoms with Crippen LogP contribution < -0.4 is 0 Å². The predicted octanol–water partition coefficient (Wildman–Crippen LogP) is 2.38. The van der Waals surface area contributed by atoms with Crippen molar-refractivity contribution in [2.24, 2.45) is 0 Å². The van der Waals surface area contributed by atoms with Gasteiger partial charge in [0.1, 0.15) is 5.25 Å². The number of fused-ring (bicyclic) bond motifs is 1. The Bertz CT molecular complexity index is 1170. The maximum Gasteiger partial charge on any atom is 0.272 e. The van der Waals surface area contributed by atoms with Gasteiger partial charge in [-0.3, -0.25) is 13.4 Å². The second-order valence-corrected chi connectivity index (χ2v) is 9.67. The number of hydrogen-bond donors (Lipinski definition) is 1. The van der Waals surface area contributed by atoms with E-state index in [-0.39, 0.29) is 13.0 Å². The molecule has 0 radical (unpaired) electrons. The largest absolute Gasteiger partial charge is 0.285 e. The van der Waals surface area contributed by atoms with E-state index < -0.39 is 25.5 Å². The minimum atomic E-state index is -4.46. The Morgan fingerprint density at radius 3 is 2.46 bits per heavy atom. The fourth-order valence-corrected chi connectivity index (χ4v) is 4.25. The van der Waals surface area contributed by atoms with Gasteiger partial charge >= 0.3 is 0 Å². The Labute approximate surface area is 163 Å². The summed E-state index contributed by atoms with van der Waals surface area (Å²) in [5.74, 6) is 0. The number of rotatable bonds is 8. The van der Waals surface area contributed by atoms with Crippen LogP contribution in [-0.2, 0) is 31.0 Å². The molecule has 1 heterocycles. The molecular formula is C18H20N2O6S2. The summed E-state index contributed by atoms with van der Waals surface area (Å²) >= 11 is 0. The van der Waals surface area contributed by atoms with Gasteiger partial charge in [0.25, 0.3) is 20.2 Å². The normalized spacial score (nSPS) is 13.6. The van der Waals surface area contributed by atoms with E-state index in [9.17, 15) is 21.4 Å². The highest BCUT2D eigenvalue weighted by Crippen LogP contribution is 2.28. The number of aromatic nitrogens is 2. The zero-order valence-electron chi connectivity index (χ0n) is 15.1. The summed E-state index contributed by atoms with van der Waals surface area (Å²) in [4.78, 5) is 0. The summed E-state index contributed by atoms with van der Waals surface area (Å²) < 4.78 is 62.0. The molecular weight excluding hydrogens is 404 g/mol. The summed E-state index contributed by atoms with van der Waals surface area (Å²) in [6.45, 7) is 0.145. The van der Waals surface area contributed by atoms with Crippen molar-refractivity contribution in [1.29, 1.82) is 0 Å². The van der Waals surface area contributed by atoms with Crippen molar-refractivity contribution < 1.29 is 25.6 Å². The van der Waals surface area contributed by atoms with Gasteiger partial charge in [0.05, 0.1) is 31.1 Å². The number of nitrogens with zero attached hydrogens (tertiary/aromatic N) is 2. The zero-order valence-corrected chi connectivity index (χ0v) is 16.7. The van der Waals surface area contributed by atoms with Crippen LogP contribution in [0.5, 0.6) is 0 Å². The lowest BCUT2D eigenvalue weighted by Gasteiger charge is -2.15. The van der Waals surface area contributed by atoms with Crippen LogP contribution in [0.2, 0.25) is 0 Å². The van der Waals surface area contributed by atoms with Crippen molar-refractivity contribution in [1.82, 2.24) is 9.78 Å². The Balaban J connectivity index is 1.92. The summed E-state index contributed by atoms with van der Waals surface area (Å²) in [5.41, 5.74) is 2.08. The molecule has 0 unspecified atom stereocenters. The van der Waals surface area contributed by atoms with Crippen LogP contribution in [0.25, 0.3) is 10.9 Å². The SMILES string of the molecule is CS(=O)(=O)OCC[C@@H](c1ccc2cnn(Cc3ccccc3)c2c1)S(=O)(=O)O. The second-order valence-electron chi connectivity index (χ2n) is 6.42. The highest BCUT2D eigenvalue weighted by molar-refractivity contribution is 7.86. The van der Waals surface area contributed by atoms with Gasteiger partial charge in [-0.2, -0.15) is 21.9 Å². The van der Waals surface area contributed by atoms with Crippen molar-refractivity contribution >= 4 is 31.1 Å². The molecule has 8 nitrogen and oxygen atoms in total. The molecule has 0 bridgehead atoms. The third kappa shape index (κ3) is 5.16. The first-order valence-electron chi connectivity index (χ1n) is 8.43. The van der Waals surface area contributed by atoms with Gasteiger partial charge in [-0.25, -0.2) is 0 Å². The lowest BCUT2D eigenvalue weighted by atomic mass is 10.1. The minimum Gasteiger partial charge on any atom is -0.285 e. The molecule has 28 heavy (non-hydrogen) atoms. The molecule has 0 saturated heterocycles. The van der Waals surface area contributed by atoms with E-state index in [1.54, 1.807) is 29.1 Å². The van der Waals surface area contributed by atoms with Crippen molar-refractivity contribution in [3.63, 3.8) is 0 Å². The highest BCUT2D eigenvalue weighted by Gasteiger charge is 2.26. The fraction of sp³-hybridized carbons (Fsp3) is 0.278. The van der Waals surface area contributed by atoms with Gasteiger partial charge in [0.15, 0.2) is 0 Å². The van der Waals surface area contributed by atoms with Gasteiger partial charge in [-0.05, 0) is 23.6 Å². The van der Waals surface area contributed by atoms with Crippen LogP contribution in [0.1, 0.15) is 22.8 Å². The van der Waals surface area contributed by atoms with E-state index in [4.69, 9.17) is 0 Å². The van der Waals surface area contributed by atoms with E-state index in [1.165, 1.54) is 0 Å². The lowest BCUT2D eigenvalue weighted by Crippen LogP contribution is -2.16. The van der Waals surface area contributed by atoms with Gasteiger partial charge in [0, 0.05) is 5.39 Å². The van der Waals surface area contributed by atoms with Crippen LogP contribution in [0, 0.1) is 0 Å². The molecule has 1 atom stereocenters. The van der Waals surface area contributed by atoms with Gasteiger partial charge in [-0.1, -0.05) is 42.5 Å². The first-order valence-corrected chi connectivity index (χ1v) is 11.8. The highest BCUT2D eigenvalue weighted by atomic mass is 32.2. The third-order valence-corrected chi connectivity index (χ3v) is 6.07. The molecule has 1 aromatic heterocycles. The second kappa shape index (κ2) is 8.00. The topological polar surface area (TPSA) is 116 Å². The molecule has 0 aliphatic carbocycles. The van der Waals surface area contributed by atoms with Crippen LogP contribution in [0.3, 0.4) is 0 Å². The minimum absolute atomic E-state index is 0.204. The Morgan fingerprint density at radius 1 is 1.11 bits per heavy atom. The third-order valence-electron chi connectivity index (χ3n) is 4.25. The lowest BCUT2D eigenvalue weighted by molar-refractivity contribution is 0.309. The van der Waals surface area contributed by atoms with Crippen LogP contribution in [-0.4, -0.2) is 44.0 Å². The Morgan fingerprint density at radius 2 is 1.82 bits per heavy atom. The quantitative estimate of drug-likeness (QED) is 0.436. The molecule has 1 N–H and O–H groups in total. The van der Waals surface area contributed by atoms with E-state index in [1.807, 2.05) is 30.3 Å². The average Bonchev–Trinajstić information content (AvgIpc) is 3.00. The predicted molar refractivity (Wildman–Crippen MR) is 105 cm³/mol. The first kappa shape index (κ1) is 20.5. The standard InChI is InChI=1S/C18H20N2O6S2/c1-27(21,22)26-10-9-18(28(23,24)25)15-7-8-16-12-19-20(17(16)11-15)13-14-5-3-2-4-6-14/h2-8,11-12,18H,9-10,13H2,1H3,(H,23,24,25)/t18-/m0/s1. The maximum atomic E-state index is 11.9. The van der Waals surface area contributed by atoms with Crippen LogP contribution in [0.4, 0.5) is 0 Å². The fourth-order valence-electron chi connectivity index (χ4n) is 2.96. The van der Waals surface area contributed by atoms with E-state index in [0.29, 0.717) is 17.6 Å². The molecule has 0 spiro atoms. The molecule has 0 aliphatic rings. The van der Waals surface area contributed by atoms with Crippen LogP contribution in [0.15, 0.2) is 54.7 Å². The number of hydrogen-bond acceptors (Lipinski definition) is 6. The van der Waals surface area contributed by atoms with Gasteiger partial charge in [-0.15, -0.1) is 0 Å². The van der Waals surface area contributed by atoms with Crippen molar-refractivity contribution in [3.05, 3.63) is 65.9 Å². The molecule has 150 valence electrons.